The average molecular weight is 307 g/mol. The van der Waals surface area contributed by atoms with E-state index in [1.54, 1.807) is 12.1 Å². The van der Waals surface area contributed by atoms with Crippen molar-refractivity contribution in [3.63, 3.8) is 0 Å². The minimum atomic E-state index is -3.70. The predicted octanol–water partition coefficient (Wildman–Crippen LogP) is 1.89. The first-order valence-electron chi connectivity index (χ1n) is 7.25. The SMILES string of the molecule is N#Cc1ccccc1S(=O)(=O)NCC1(N)CCCCCC1. The first kappa shape index (κ1) is 16.0. The van der Waals surface area contributed by atoms with Crippen LogP contribution in [-0.4, -0.2) is 20.5 Å². The van der Waals surface area contributed by atoms with Crippen molar-refractivity contribution in [3.05, 3.63) is 29.8 Å². The Hall–Kier alpha value is -1.42. The fraction of sp³-hybridized carbons (Fsp3) is 0.533. The first-order chi connectivity index (χ1) is 9.97. The van der Waals surface area contributed by atoms with Crippen LogP contribution < -0.4 is 10.5 Å². The van der Waals surface area contributed by atoms with E-state index in [0.29, 0.717) is 0 Å². The zero-order valence-electron chi connectivity index (χ0n) is 12.0. The molecule has 2 rings (SSSR count). The van der Waals surface area contributed by atoms with Gasteiger partial charge in [-0.25, -0.2) is 13.1 Å². The molecule has 6 heteroatoms. The number of benzene rings is 1. The van der Waals surface area contributed by atoms with E-state index in [1.807, 2.05) is 6.07 Å². The van der Waals surface area contributed by atoms with E-state index in [4.69, 9.17) is 11.0 Å². The number of nitriles is 1. The van der Waals surface area contributed by atoms with E-state index in [2.05, 4.69) is 4.72 Å². The lowest BCUT2D eigenvalue weighted by Gasteiger charge is -2.28. The zero-order valence-corrected chi connectivity index (χ0v) is 12.8. The van der Waals surface area contributed by atoms with Gasteiger partial charge in [-0.05, 0) is 25.0 Å². The van der Waals surface area contributed by atoms with Crippen molar-refractivity contribution in [2.45, 2.75) is 49.0 Å². The van der Waals surface area contributed by atoms with Crippen molar-refractivity contribution < 1.29 is 8.42 Å². The highest BCUT2D eigenvalue weighted by atomic mass is 32.2. The van der Waals surface area contributed by atoms with E-state index in [9.17, 15) is 8.42 Å². The van der Waals surface area contributed by atoms with Crippen molar-refractivity contribution in [1.82, 2.24) is 4.72 Å². The maximum absolute atomic E-state index is 12.4. The minimum Gasteiger partial charge on any atom is -0.324 e. The topological polar surface area (TPSA) is 96.0 Å². The van der Waals surface area contributed by atoms with Crippen LogP contribution in [0.15, 0.2) is 29.2 Å². The molecule has 0 atom stereocenters. The summed E-state index contributed by atoms with van der Waals surface area (Å²) >= 11 is 0. The number of rotatable bonds is 4. The Morgan fingerprint density at radius 3 is 2.43 bits per heavy atom. The van der Waals surface area contributed by atoms with Gasteiger partial charge in [-0.15, -0.1) is 0 Å². The summed E-state index contributed by atoms with van der Waals surface area (Å²) in [6.45, 7) is 0.217. The Bertz CT molecular complexity index is 627. The van der Waals surface area contributed by atoms with Crippen LogP contribution >= 0.6 is 0 Å². The highest BCUT2D eigenvalue weighted by Gasteiger charge is 2.29. The van der Waals surface area contributed by atoms with E-state index < -0.39 is 15.6 Å². The second-order valence-electron chi connectivity index (χ2n) is 5.71. The summed E-state index contributed by atoms with van der Waals surface area (Å²) in [7, 11) is -3.70. The highest BCUT2D eigenvalue weighted by Crippen LogP contribution is 2.25. The van der Waals surface area contributed by atoms with Crippen LogP contribution in [0.2, 0.25) is 0 Å². The van der Waals surface area contributed by atoms with Crippen LogP contribution in [0.3, 0.4) is 0 Å². The van der Waals surface area contributed by atoms with Crippen molar-refractivity contribution in [2.75, 3.05) is 6.54 Å². The molecule has 0 unspecified atom stereocenters. The molecule has 1 aromatic rings. The van der Waals surface area contributed by atoms with Gasteiger partial charge in [0.25, 0.3) is 0 Å². The van der Waals surface area contributed by atoms with Gasteiger partial charge in [-0.2, -0.15) is 5.26 Å². The van der Waals surface area contributed by atoms with Crippen molar-refractivity contribution >= 4 is 10.0 Å². The van der Waals surface area contributed by atoms with Gasteiger partial charge in [0.05, 0.1) is 10.5 Å². The molecule has 1 aromatic carbocycles. The lowest BCUT2D eigenvalue weighted by atomic mass is 9.92. The number of hydrogen-bond donors (Lipinski definition) is 2. The van der Waals surface area contributed by atoms with Crippen LogP contribution in [0.25, 0.3) is 0 Å². The summed E-state index contributed by atoms with van der Waals surface area (Å²) in [6, 6.07) is 8.11. The molecule has 0 spiro atoms. The maximum Gasteiger partial charge on any atom is 0.241 e. The van der Waals surface area contributed by atoms with Crippen molar-refractivity contribution in [3.8, 4) is 6.07 Å². The standard InChI is InChI=1S/C15H21N3O2S/c16-11-13-7-3-4-8-14(13)21(19,20)18-12-15(17)9-5-1-2-6-10-15/h3-4,7-8,18H,1-2,5-6,9-10,12,17H2. The molecular formula is C15H21N3O2S. The Morgan fingerprint density at radius 2 is 1.81 bits per heavy atom. The monoisotopic (exact) mass is 307 g/mol. The normalized spacial score (nSPS) is 18.7. The highest BCUT2D eigenvalue weighted by molar-refractivity contribution is 7.89. The number of nitrogens with zero attached hydrogens (tertiary/aromatic N) is 1. The van der Waals surface area contributed by atoms with Gasteiger partial charge >= 0.3 is 0 Å². The Labute approximate surface area is 126 Å². The van der Waals surface area contributed by atoms with Crippen LogP contribution in [0.1, 0.15) is 44.1 Å². The van der Waals surface area contributed by atoms with Gasteiger partial charge in [0.2, 0.25) is 10.0 Å². The molecule has 1 saturated carbocycles. The van der Waals surface area contributed by atoms with Gasteiger partial charge in [0, 0.05) is 12.1 Å². The molecule has 1 aliphatic rings. The zero-order chi connectivity index (χ0) is 15.3. The van der Waals surface area contributed by atoms with Gasteiger partial charge in [0.1, 0.15) is 6.07 Å². The molecule has 0 saturated heterocycles. The molecular weight excluding hydrogens is 286 g/mol. The second-order valence-corrected chi connectivity index (χ2v) is 7.44. The number of nitrogens with two attached hydrogens (primary N) is 1. The van der Waals surface area contributed by atoms with Crippen molar-refractivity contribution in [2.24, 2.45) is 5.73 Å². The van der Waals surface area contributed by atoms with Crippen molar-refractivity contribution in [1.29, 1.82) is 5.26 Å². The fourth-order valence-electron chi connectivity index (χ4n) is 2.72. The molecule has 1 aliphatic carbocycles. The minimum absolute atomic E-state index is 0.0183. The third-order valence-electron chi connectivity index (χ3n) is 4.01. The molecule has 0 bridgehead atoms. The van der Waals surface area contributed by atoms with E-state index >= 15 is 0 Å². The number of hydrogen-bond acceptors (Lipinski definition) is 4. The van der Waals surface area contributed by atoms with E-state index in [0.717, 1.165) is 38.5 Å². The maximum atomic E-state index is 12.4. The number of sulfonamides is 1. The predicted molar refractivity (Wildman–Crippen MR) is 81.0 cm³/mol. The molecule has 1 fully saturated rings. The molecule has 5 nitrogen and oxygen atoms in total. The lowest BCUT2D eigenvalue weighted by Crippen LogP contribution is -2.49. The summed E-state index contributed by atoms with van der Waals surface area (Å²) < 4.78 is 27.3. The fourth-order valence-corrected chi connectivity index (χ4v) is 4.01. The van der Waals surface area contributed by atoms with Crippen LogP contribution in [0, 0.1) is 11.3 Å². The first-order valence-corrected chi connectivity index (χ1v) is 8.73. The molecule has 0 radical (unpaired) electrons. The van der Waals surface area contributed by atoms with Crippen LogP contribution in [0.5, 0.6) is 0 Å². The Balaban J connectivity index is 2.13. The smallest absolute Gasteiger partial charge is 0.241 e. The largest absolute Gasteiger partial charge is 0.324 e. The quantitative estimate of drug-likeness (QED) is 0.830. The third-order valence-corrected chi connectivity index (χ3v) is 5.47. The second kappa shape index (κ2) is 6.56. The Kier molecular flexibility index (Phi) is 4.99. The van der Waals surface area contributed by atoms with E-state index in [1.165, 1.54) is 12.1 Å². The average Bonchev–Trinajstić information content (AvgIpc) is 2.71. The number of nitrogens with one attached hydrogen (secondary N) is 1. The van der Waals surface area contributed by atoms with Crippen LogP contribution in [0.4, 0.5) is 0 Å². The molecule has 21 heavy (non-hydrogen) atoms. The summed E-state index contributed by atoms with van der Waals surface area (Å²) in [5.41, 5.74) is 5.99. The summed E-state index contributed by atoms with van der Waals surface area (Å²) in [6.07, 6.45) is 6.04. The molecule has 0 heterocycles. The van der Waals surface area contributed by atoms with Crippen LogP contribution in [-0.2, 0) is 10.0 Å². The van der Waals surface area contributed by atoms with Gasteiger partial charge in [0.15, 0.2) is 0 Å². The summed E-state index contributed by atoms with van der Waals surface area (Å²) in [5, 5.41) is 9.02. The lowest BCUT2D eigenvalue weighted by molar-refractivity contribution is 0.369. The summed E-state index contributed by atoms with van der Waals surface area (Å²) in [4.78, 5) is 0.0183. The van der Waals surface area contributed by atoms with E-state index in [-0.39, 0.29) is 17.0 Å². The third kappa shape index (κ3) is 4.03. The molecule has 0 amide bonds. The van der Waals surface area contributed by atoms with Gasteiger partial charge in [-0.1, -0.05) is 37.8 Å². The molecule has 114 valence electrons. The van der Waals surface area contributed by atoms with Gasteiger partial charge in [-0.3, -0.25) is 0 Å². The van der Waals surface area contributed by atoms with Gasteiger partial charge < -0.3 is 5.73 Å². The summed E-state index contributed by atoms with van der Waals surface area (Å²) in [5.74, 6) is 0. The molecule has 3 N–H and O–H groups in total. The molecule has 0 aromatic heterocycles. The Morgan fingerprint density at radius 1 is 1.19 bits per heavy atom. The molecule has 0 aliphatic heterocycles.